The minimum absolute atomic E-state index is 0. The maximum atomic E-state index is 9.06. The van der Waals surface area contributed by atoms with E-state index in [1.54, 1.807) is 0 Å². The third kappa shape index (κ3) is 2.92. The summed E-state index contributed by atoms with van der Waals surface area (Å²) in [4.78, 5) is 0. The van der Waals surface area contributed by atoms with Crippen molar-refractivity contribution in [3.8, 4) is 0 Å². The van der Waals surface area contributed by atoms with Crippen molar-refractivity contribution in [2.75, 3.05) is 6.61 Å². The molecule has 0 saturated heterocycles. The highest BCUT2D eigenvalue weighted by Gasteiger charge is 2.36. The van der Waals surface area contributed by atoms with E-state index in [0.717, 1.165) is 19.3 Å². The Morgan fingerprint density at radius 3 is 2.25 bits per heavy atom. The minimum atomic E-state index is -0.290. The summed E-state index contributed by atoms with van der Waals surface area (Å²) >= 11 is 0. The molecule has 1 fully saturated rings. The Balaban J connectivity index is 0.00000121. The third-order valence-corrected chi connectivity index (χ3v) is 2.67. The van der Waals surface area contributed by atoms with Crippen molar-refractivity contribution >= 4 is 12.4 Å². The fraction of sp³-hybridized carbons (Fsp3) is 1.00. The van der Waals surface area contributed by atoms with Crippen LogP contribution in [0.1, 0.15) is 39.5 Å². The van der Waals surface area contributed by atoms with Gasteiger partial charge in [0.25, 0.3) is 0 Å². The fourth-order valence-corrected chi connectivity index (χ4v) is 2.18. The van der Waals surface area contributed by atoms with E-state index >= 15 is 0 Å². The van der Waals surface area contributed by atoms with E-state index in [1.165, 1.54) is 6.42 Å². The number of nitrogens with two attached hydrogens (primary N) is 1. The Bertz CT molecular complexity index is 149. The normalized spacial score (nSPS) is 34.0. The zero-order chi connectivity index (χ0) is 8.54. The van der Waals surface area contributed by atoms with Crippen molar-refractivity contribution in [1.82, 2.24) is 0 Å². The van der Waals surface area contributed by atoms with Gasteiger partial charge in [-0.1, -0.05) is 20.3 Å². The molecule has 0 bridgehead atoms. The summed E-state index contributed by atoms with van der Waals surface area (Å²) in [5.41, 5.74) is 6.02. The molecule has 12 heavy (non-hydrogen) atoms. The number of hydrogen-bond donors (Lipinski definition) is 2. The van der Waals surface area contributed by atoms with Crippen LogP contribution in [0.5, 0.6) is 0 Å². The summed E-state index contributed by atoms with van der Waals surface area (Å²) in [6.45, 7) is 4.59. The lowest BCUT2D eigenvalue weighted by Gasteiger charge is -2.41. The van der Waals surface area contributed by atoms with Gasteiger partial charge in [0.05, 0.1) is 6.61 Å². The Hall–Kier alpha value is 0.210. The molecule has 1 aliphatic carbocycles. The first-order chi connectivity index (χ1) is 4.97. The molecular weight excluding hydrogens is 174 g/mol. The predicted octanol–water partition coefficient (Wildman–Crippen LogP) is 1.70. The van der Waals surface area contributed by atoms with Gasteiger partial charge in [-0.3, -0.25) is 0 Å². The molecule has 1 saturated carbocycles. The van der Waals surface area contributed by atoms with Crippen LogP contribution in [0.4, 0.5) is 0 Å². The predicted molar refractivity (Wildman–Crippen MR) is 53.5 cm³/mol. The summed E-state index contributed by atoms with van der Waals surface area (Å²) in [7, 11) is 0. The van der Waals surface area contributed by atoms with Crippen molar-refractivity contribution in [3.05, 3.63) is 0 Å². The van der Waals surface area contributed by atoms with E-state index in [-0.39, 0.29) is 24.6 Å². The van der Waals surface area contributed by atoms with Crippen LogP contribution in [0.15, 0.2) is 0 Å². The lowest BCUT2D eigenvalue weighted by atomic mass is 9.69. The second kappa shape index (κ2) is 3.95. The summed E-state index contributed by atoms with van der Waals surface area (Å²) in [6, 6.07) is 0. The summed E-state index contributed by atoms with van der Waals surface area (Å²) in [6.07, 6.45) is 4.33. The summed E-state index contributed by atoms with van der Waals surface area (Å²) < 4.78 is 0. The lowest BCUT2D eigenvalue weighted by molar-refractivity contribution is 0.0912. The van der Waals surface area contributed by atoms with Crippen LogP contribution in [0.2, 0.25) is 0 Å². The molecule has 0 spiro atoms. The van der Waals surface area contributed by atoms with Gasteiger partial charge < -0.3 is 10.8 Å². The fourth-order valence-electron chi connectivity index (χ4n) is 2.18. The number of aliphatic hydroxyl groups is 1. The van der Waals surface area contributed by atoms with Gasteiger partial charge >= 0.3 is 0 Å². The summed E-state index contributed by atoms with van der Waals surface area (Å²) in [5.74, 6) is 0. The summed E-state index contributed by atoms with van der Waals surface area (Å²) in [5, 5.41) is 9.06. The van der Waals surface area contributed by atoms with E-state index in [9.17, 15) is 0 Å². The van der Waals surface area contributed by atoms with E-state index in [0.29, 0.717) is 5.41 Å². The standard InChI is InChI=1S/C9H19NO.ClH/c1-8(2)4-3-5-9(10,6-8)7-11;/h11H,3-7,10H2,1-2H3;1H. The SMILES string of the molecule is CC1(C)CCCC(N)(CO)C1.Cl. The molecule has 0 aromatic rings. The first-order valence-corrected chi connectivity index (χ1v) is 4.37. The van der Waals surface area contributed by atoms with Gasteiger partial charge in [-0.05, 0) is 24.7 Å². The Morgan fingerprint density at radius 2 is 1.92 bits per heavy atom. The van der Waals surface area contributed by atoms with Gasteiger partial charge in [-0.15, -0.1) is 12.4 Å². The molecule has 1 aliphatic rings. The number of aliphatic hydroxyl groups excluding tert-OH is 1. The average molecular weight is 194 g/mol. The maximum Gasteiger partial charge on any atom is 0.0611 e. The second-order valence-electron chi connectivity index (χ2n) is 4.72. The van der Waals surface area contributed by atoms with Crippen LogP contribution >= 0.6 is 12.4 Å². The third-order valence-electron chi connectivity index (χ3n) is 2.67. The molecule has 3 N–H and O–H groups in total. The molecular formula is C9H20ClNO. The highest BCUT2D eigenvalue weighted by Crippen LogP contribution is 2.39. The molecule has 0 amide bonds. The van der Waals surface area contributed by atoms with Crippen LogP contribution < -0.4 is 5.73 Å². The van der Waals surface area contributed by atoms with Gasteiger partial charge in [0.2, 0.25) is 0 Å². The largest absolute Gasteiger partial charge is 0.394 e. The Labute approximate surface area is 80.9 Å². The molecule has 1 unspecified atom stereocenters. The zero-order valence-electron chi connectivity index (χ0n) is 7.97. The van der Waals surface area contributed by atoms with Crippen molar-refractivity contribution < 1.29 is 5.11 Å². The molecule has 3 heteroatoms. The highest BCUT2D eigenvalue weighted by atomic mass is 35.5. The van der Waals surface area contributed by atoms with Crippen molar-refractivity contribution in [2.45, 2.75) is 45.1 Å². The van der Waals surface area contributed by atoms with Crippen LogP contribution in [-0.4, -0.2) is 17.3 Å². The van der Waals surface area contributed by atoms with Crippen LogP contribution in [-0.2, 0) is 0 Å². The zero-order valence-corrected chi connectivity index (χ0v) is 8.78. The molecule has 74 valence electrons. The maximum absolute atomic E-state index is 9.06. The van der Waals surface area contributed by atoms with Crippen LogP contribution in [0.25, 0.3) is 0 Å². The topological polar surface area (TPSA) is 46.2 Å². The van der Waals surface area contributed by atoms with E-state index in [1.807, 2.05) is 0 Å². The minimum Gasteiger partial charge on any atom is -0.394 e. The van der Waals surface area contributed by atoms with Crippen LogP contribution in [0.3, 0.4) is 0 Å². The smallest absolute Gasteiger partial charge is 0.0611 e. The number of halogens is 1. The van der Waals surface area contributed by atoms with E-state index < -0.39 is 0 Å². The average Bonchev–Trinajstić information content (AvgIpc) is 1.85. The first kappa shape index (κ1) is 12.2. The monoisotopic (exact) mass is 193 g/mol. The molecule has 0 radical (unpaired) electrons. The molecule has 1 rings (SSSR count). The molecule has 0 aromatic carbocycles. The second-order valence-corrected chi connectivity index (χ2v) is 4.72. The molecule has 0 aromatic heterocycles. The Kier molecular flexibility index (Phi) is 4.01. The number of hydrogen-bond acceptors (Lipinski definition) is 2. The molecule has 0 heterocycles. The van der Waals surface area contributed by atoms with Gasteiger partial charge in [0.15, 0.2) is 0 Å². The molecule has 0 aliphatic heterocycles. The van der Waals surface area contributed by atoms with E-state index in [2.05, 4.69) is 13.8 Å². The Morgan fingerprint density at radius 1 is 1.33 bits per heavy atom. The lowest BCUT2D eigenvalue weighted by Crippen LogP contribution is -2.49. The van der Waals surface area contributed by atoms with Gasteiger partial charge in [0, 0.05) is 5.54 Å². The van der Waals surface area contributed by atoms with Crippen molar-refractivity contribution in [3.63, 3.8) is 0 Å². The molecule has 1 atom stereocenters. The first-order valence-electron chi connectivity index (χ1n) is 4.37. The van der Waals surface area contributed by atoms with Crippen molar-refractivity contribution in [2.24, 2.45) is 11.1 Å². The van der Waals surface area contributed by atoms with E-state index in [4.69, 9.17) is 10.8 Å². The van der Waals surface area contributed by atoms with Gasteiger partial charge in [-0.2, -0.15) is 0 Å². The van der Waals surface area contributed by atoms with Gasteiger partial charge in [0.1, 0.15) is 0 Å². The highest BCUT2D eigenvalue weighted by molar-refractivity contribution is 5.85. The molecule has 2 nitrogen and oxygen atoms in total. The number of rotatable bonds is 1. The quantitative estimate of drug-likeness (QED) is 0.666. The van der Waals surface area contributed by atoms with Crippen molar-refractivity contribution in [1.29, 1.82) is 0 Å². The van der Waals surface area contributed by atoms with Gasteiger partial charge in [-0.25, -0.2) is 0 Å². The van der Waals surface area contributed by atoms with Crippen LogP contribution in [0, 0.1) is 5.41 Å².